The molecule has 1 aliphatic carbocycles. The summed E-state index contributed by atoms with van der Waals surface area (Å²) in [5.41, 5.74) is -6.24. The van der Waals surface area contributed by atoms with Crippen molar-refractivity contribution >= 4 is 105 Å². The second-order valence-corrected chi connectivity index (χ2v) is 24.9. The van der Waals surface area contributed by atoms with E-state index in [1.807, 2.05) is 0 Å². The molecule has 1 fully saturated rings. The van der Waals surface area contributed by atoms with Crippen LogP contribution in [0.2, 0.25) is 0 Å². The van der Waals surface area contributed by atoms with Gasteiger partial charge in [0, 0.05) is 35.4 Å². The highest BCUT2D eigenvalue weighted by Crippen LogP contribution is 2.44. The van der Waals surface area contributed by atoms with Crippen molar-refractivity contribution in [1.82, 2.24) is 0 Å². The van der Waals surface area contributed by atoms with Crippen molar-refractivity contribution in [2.45, 2.75) is 25.7 Å². The van der Waals surface area contributed by atoms with E-state index in [0.717, 1.165) is 0 Å². The van der Waals surface area contributed by atoms with Crippen LogP contribution in [0.15, 0.2) is 79.1 Å². The molecule has 8 N–H and O–H groups in total. The average Bonchev–Trinajstić information content (AvgIpc) is 3.47. The SMILES string of the molecule is O=c1c(OS(=O)(=O)O)c(-c2ccc(OS(=O)(=O)O)c(OS(=O)(=O)O)c2)oc2cc(OS(=O)(=O)O)cc(OCC3CCC(COc4cc(OS(=O)(=O)O)cc5oc(-c6ccc(OS(=O)(=O)O)c(OS(=O)(=O)O)c6)c(OS(=O)(=O)O)c(=O)c45)CC3)c12. The fourth-order valence-electron chi connectivity index (χ4n) is 7.80. The number of hydrogen-bond acceptors (Lipinski definition) is 30. The quantitative estimate of drug-likeness (QED) is 0.0401. The van der Waals surface area contributed by atoms with Crippen LogP contribution in [-0.2, 0) is 83.2 Å². The van der Waals surface area contributed by atoms with E-state index in [1.165, 1.54) is 0 Å². The molecular weight excluding hydrogens is 1320 g/mol. The van der Waals surface area contributed by atoms with Crippen molar-refractivity contribution in [2.24, 2.45) is 11.8 Å². The molecule has 0 amide bonds. The molecule has 4 aromatic carbocycles. The lowest BCUT2D eigenvalue weighted by Crippen LogP contribution is -2.24. The molecule has 2 aromatic heterocycles. The summed E-state index contributed by atoms with van der Waals surface area (Å²) in [6.07, 6.45) is 0.651. The number of fused-ring (bicyclic) bond motifs is 2. The zero-order valence-corrected chi connectivity index (χ0v) is 46.8. The van der Waals surface area contributed by atoms with E-state index in [0.29, 0.717) is 60.7 Å². The van der Waals surface area contributed by atoms with Gasteiger partial charge in [0.25, 0.3) is 0 Å². The van der Waals surface area contributed by atoms with Gasteiger partial charge < -0.3 is 51.8 Å². The van der Waals surface area contributed by atoms with E-state index < -0.39 is 221 Å². The first-order valence-electron chi connectivity index (χ1n) is 21.5. The van der Waals surface area contributed by atoms with Crippen LogP contribution in [0.25, 0.3) is 44.6 Å². The average molecular weight is 1350 g/mol. The number of hydrogen-bond donors (Lipinski definition) is 8. The van der Waals surface area contributed by atoms with E-state index >= 15 is 0 Å². The summed E-state index contributed by atoms with van der Waals surface area (Å²) in [7, 11) is -44.3. The molecule has 0 aliphatic heterocycles. The van der Waals surface area contributed by atoms with Gasteiger partial charge in [-0.2, -0.15) is 67.3 Å². The first-order chi connectivity index (χ1) is 38.3. The van der Waals surface area contributed by atoms with E-state index in [1.54, 1.807) is 0 Å². The van der Waals surface area contributed by atoms with Crippen molar-refractivity contribution in [3.8, 4) is 80.1 Å². The molecule has 6 aromatic rings. The third-order valence-corrected chi connectivity index (χ3v) is 13.8. The highest BCUT2D eigenvalue weighted by Gasteiger charge is 2.32. The Morgan fingerprint density at radius 1 is 0.357 bits per heavy atom. The van der Waals surface area contributed by atoms with E-state index in [-0.39, 0.29) is 25.7 Å². The molecule has 46 heteroatoms. The van der Waals surface area contributed by atoms with Crippen molar-refractivity contribution < 1.29 is 156 Å². The Morgan fingerprint density at radius 2 is 0.643 bits per heavy atom. The monoisotopic (exact) mass is 1350 g/mol. The van der Waals surface area contributed by atoms with Crippen LogP contribution < -0.4 is 53.8 Å². The van der Waals surface area contributed by atoms with Crippen LogP contribution >= 0.6 is 0 Å². The fraction of sp³-hybridized carbons (Fsp3) is 0.211. The van der Waals surface area contributed by atoms with Crippen molar-refractivity contribution in [1.29, 1.82) is 0 Å². The van der Waals surface area contributed by atoms with E-state index in [2.05, 4.69) is 33.5 Å². The van der Waals surface area contributed by atoms with Gasteiger partial charge in [-0.05, 0) is 73.9 Å². The summed E-state index contributed by atoms with van der Waals surface area (Å²) < 4.78 is 321. The maximum absolute atomic E-state index is 14.2. The van der Waals surface area contributed by atoms with Crippen LogP contribution in [0.3, 0.4) is 0 Å². The second-order valence-electron chi connectivity index (χ2n) is 16.7. The maximum Gasteiger partial charge on any atom is 0.446 e. The molecule has 1 saturated carbocycles. The zero-order valence-electron chi connectivity index (χ0n) is 40.3. The summed E-state index contributed by atoms with van der Waals surface area (Å²) in [5.74, 6) is -14.3. The Bertz CT molecular complexity index is 4420. The van der Waals surface area contributed by atoms with Gasteiger partial charge in [0.2, 0.25) is 22.4 Å². The maximum atomic E-state index is 14.2. The molecule has 7 rings (SSSR count). The van der Waals surface area contributed by atoms with E-state index in [4.69, 9.17) is 27.4 Å². The molecule has 0 spiro atoms. The minimum absolute atomic E-state index is 0.163. The summed E-state index contributed by atoms with van der Waals surface area (Å²) in [5, 5.41) is -1.62. The van der Waals surface area contributed by atoms with Crippen LogP contribution in [-0.4, -0.2) is 117 Å². The molecule has 460 valence electrons. The Morgan fingerprint density at radius 3 is 0.929 bits per heavy atom. The van der Waals surface area contributed by atoms with Crippen LogP contribution in [0.5, 0.6) is 57.5 Å². The first-order valence-corrected chi connectivity index (χ1v) is 32.5. The van der Waals surface area contributed by atoms with Crippen molar-refractivity contribution in [3.05, 3.63) is 81.1 Å². The van der Waals surface area contributed by atoms with Crippen molar-refractivity contribution in [3.63, 3.8) is 0 Å². The molecule has 2 heterocycles. The molecule has 0 atom stereocenters. The lowest BCUT2D eigenvalue weighted by molar-refractivity contribution is 0.149. The summed E-state index contributed by atoms with van der Waals surface area (Å²) in [4.78, 5) is 28.4. The molecule has 84 heavy (non-hydrogen) atoms. The van der Waals surface area contributed by atoms with Gasteiger partial charge >= 0.3 is 83.2 Å². The minimum Gasteiger partial charge on any atom is -0.492 e. The summed E-state index contributed by atoms with van der Waals surface area (Å²) in [6.45, 7) is -0.836. The summed E-state index contributed by atoms with van der Waals surface area (Å²) >= 11 is 0. The number of benzene rings is 4. The molecule has 0 saturated heterocycles. The number of ether oxygens (including phenoxy) is 2. The van der Waals surface area contributed by atoms with Gasteiger partial charge in [-0.25, -0.2) is 0 Å². The molecule has 1 aliphatic rings. The fourth-order valence-corrected chi connectivity index (χ4v) is 10.6. The van der Waals surface area contributed by atoms with Crippen LogP contribution in [0.4, 0.5) is 0 Å². The lowest BCUT2D eigenvalue weighted by atomic mass is 9.83. The van der Waals surface area contributed by atoms with E-state index in [9.17, 15) is 104 Å². The third-order valence-electron chi connectivity index (χ3n) is 10.7. The molecule has 0 bridgehead atoms. The van der Waals surface area contributed by atoms with Crippen LogP contribution in [0.1, 0.15) is 25.7 Å². The highest BCUT2D eigenvalue weighted by atomic mass is 32.3. The zero-order chi connectivity index (χ0) is 62.5. The van der Waals surface area contributed by atoms with Gasteiger partial charge in [0.15, 0.2) is 46.0 Å². The normalized spacial score (nSPS) is 15.7. The van der Waals surface area contributed by atoms with Gasteiger partial charge in [0.1, 0.15) is 33.4 Å². The molecular formula is C38H32O38S8. The Kier molecular flexibility index (Phi) is 17.7. The minimum atomic E-state index is -5.73. The predicted octanol–water partition coefficient (Wildman–Crippen LogP) is 1.95. The van der Waals surface area contributed by atoms with Gasteiger partial charge in [-0.3, -0.25) is 46.0 Å². The standard InChI is InChI=1S/C38H32O38S8/c39-33-31-27(11-21(69-77(41,42)43)13-29(31)67-35(37(33)75-83(59,60)61)19-5-7-23(71-79(47,48)49)25(9-19)73-81(53,54)55)65-15-17-1-2-18(4-3-17)16-66-28-12-22(70-78(44,45)46)14-30-32(28)34(40)38(76-84(62,63)64)36(68-30)20-6-8-24(72-80(50,51)52)26(10-20)74-82(56,57)58/h5-14,17-18H,1-4,15-16H2,(H,41,42,43)(H,44,45,46)(H,47,48,49)(H,50,51,52)(H,53,54,55)(H,56,57,58)(H,59,60,61)(H,62,63,64). The summed E-state index contributed by atoms with van der Waals surface area (Å²) in [6, 6.07) is 5.79. The Hall–Kier alpha value is -7.42. The molecule has 38 nitrogen and oxygen atoms in total. The van der Waals surface area contributed by atoms with Gasteiger partial charge in [-0.15, -0.1) is 0 Å². The predicted molar refractivity (Wildman–Crippen MR) is 270 cm³/mol. The first kappa shape index (κ1) is 64.1. The molecule has 0 unspecified atom stereocenters. The van der Waals surface area contributed by atoms with Crippen LogP contribution in [0, 0.1) is 11.8 Å². The second kappa shape index (κ2) is 23.2. The molecule has 0 radical (unpaired) electrons. The number of rotatable bonds is 24. The Labute approximate surface area is 470 Å². The smallest absolute Gasteiger partial charge is 0.446 e. The topological polar surface area (TPSA) is 588 Å². The van der Waals surface area contributed by atoms with Crippen molar-refractivity contribution in [2.75, 3.05) is 13.2 Å². The third kappa shape index (κ3) is 17.8. The highest BCUT2D eigenvalue weighted by molar-refractivity contribution is 7.83. The van der Waals surface area contributed by atoms with Gasteiger partial charge in [0.05, 0.1) is 13.2 Å². The largest absolute Gasteiger partial charge is 0.492 e. The lowest BCUT2D eigenvalue weighted by Gasteiger charge is -2.28. The Balaban J connectivity index is 1.21. The van der Waals surface area contributed by atoms with Gasteiger partial charge in [-0.1, -0.05) is 0 Å².